The molecule has 0 radical (unpaired) electrons. The van der Waals surface area contributed by atoms with E-state index in [1.54, 1.807) is 6.92 Å². The maximum absolute atomic E-state index is 12.2. The van der Waals surface area contributed by atoms with Gasteiger partial charge in [-0.1, -0.05) is 6.92 Å². The van der Waals surface area contributed by atoms with Crippen molar-refractivity contribution in [2.45, 2.75) is 56.1 Å². The van der Waals surface area contributed by atoms with Crippen molar-refractivity contribution in [3.8, 4) is 0 Å². The van der Waals surface area contributed by atoms with Gasteiger partial charge in [-0.15, -0.1) is 0 Å². The number of aliphatic hydroxyl groups excluding tert-OH is 1. The van der Waals surface area contributed by atoms with Crippen molar-refractivity contribution in [3.63, 3.8) is 0 Å². The molecule has 1 N–H and O–H groups in total. The fourth-order valence-electron chi connectivity index (χ4n) is 3.13. The van der Waals surface area contributed by atoms with E-state index in [1.807, 2.05) is 6.92 Å². The zero-order valence-electron chi connectivity index (χ0n) is 9.39. The molecule has 0 heterocycles. The average molecular weight is 232 g/mol. The molecule has 0 amide bonds. The summed E-state index contributed by atoms with van der Waals surface area (Å²) >= 11 is 0. The summed E-state index contributed by atoms with van der Waals surface area (Å²) in [7, 11) is -2.95. The molecule has 5 unspecified atom stereocenters. The third-order valence-electron chi connectivity index (χ3n) is 4.31. The first-order valence-corrected chi connectivity index (χ1v) is 7.48. The Balaban J connectivity index is 2.15. The summed E-state index contributed by atoms with van der Waals surface area (Å²) in [6.07, 6.45) is 2.77. The first-order valence-electron chi connectivity index (χ1n) is 5.87. The standard InChI is InChI=1S/C11H20O3S/c1-3-7(2)15(13,14)11-6-8-4-9(11)5-10(8)12/h7-12H,3-6H2,1-2H3. The van der Waals surface area contributed by atoms with Crippen LogP contribution in [-0.4, -0.2) is 30.1 Å². The van der Waals surface area contributed by atoms with E-state index in [9.17, 15) is 13.5 Å². The summed E-state index contributed by atoms with van der Waals surface area (Å²) in [5.41, 5.74) is 0. The Hall–Kier alpha value is -0.0900. The molecule has 2 fully saturated rings. The van der Waals surface area contributed by atoms with Crippen LogP contribution in [0.25, 0.3) is 0 Å². The van der Waals surface area contributed by atoms with E-state index in [0.29, 0.717) is 19.3 Å². The minimum atomic E-state index is -2.95. The smallest absolute Gasteiger partial charge is 0.156 e. The SMILES string of the molecule is CCC(C)S(=O)(=O)C1CC2CC1CC2O. The molecule has 0 spiro atoms. The van der Waals surface area contributed by atoms with Crippen LogP contribution in [0.15, 0.2) is 0 Å². The van der Waals surface area contributed by atoms with E-state index >= 15 is 0 Å². The van der Waals surface area contributed by atoms with Crippen LogP contribution in [0, 0.1) is 11.8 Å². The van der Waals surface area contributed by atoms with Crippen molar-refractivity contribution >= 4 is 9.84 Å². The molecule has 4 heteroatoms. The van der Waals surface area contributed by atoms with Crippen molar-refractivity contribution in [1.82, 2.24) is 0 Å². The quantitative estimate of drug-likeness (QED) is 0.799. The maximum Gasteiger partial charge on any atom is 0.156 e. The number of rotatable bonds is 3. The van der Waals surface area contributed by atoms with Gasteiger partial charge in [0.25, 0.3) is 0 Å². The number of fused-ring (bicyclic) bond motifs is 2. The predicted octanol–water partition coefficient (Wildman–Crippen LogP) is 1.36. The second kappa shape index (κ2) is 3.74. The van der Waals surface area contributed by atoms with Gasteiger partial charge in [0, 0.05) is 0 Å². The molecule has 0 aromatic carbocycles. The lowest BCUT2D eigenvalue weighted by Gasteiger charge is -2.27. The van der Waals surface area contributed by atoms with Crippen LogP contribution < -0.4 is 0 Å². The topological polar surface area (TPSA) is 54.4 Å². The van der Waals surface area contributed by atoms with Gasteiger partial charge in [-0.3, -0.25) is 0 Å². The highest BCUT2D eigenvalue weighted by Crippen LogP contribution is 2.48. The highest BCUT2D eigenvalue weighted by atomic mass is 32.2. The molecule has 2 rings (SSSR count). The molecule has 3 nitrogen and oxygen atoms in total. The normalized spacial score (nSPS) is 42.1. The van der Waals surface area contributed by atoms with Crippen molar-refractivity contribution in [2.75, 3.05) is 0 Å². The highest BCUT2D eigenvalue weighted by molar-refractivity contribution is 7.92. The minimum Gasteiger partial charge on any atom is -0.393 e. The Labute approximate surface area is 91.8 Å². The molecule has 2 saturated carbocycles. The summed E-state index contributed by atoms with van der Waals surface area (Å²) in [5, 5.41) is 9.21. The van der Waals surface area contributed by atoms with Crippen molar-refractivity contribution in [2.24, 2.45) is 11.8 Å². The Bertz CT molecular complexity index is 334. The first-order chi connectivity index (χ1) is 6.96. The number of hydrogen-bond donors (Lipinski definition) is 1. The van der Waals surface area contributed by atoms with E-state index in [-0.39, 0.29) is 28.4 Å². The van der Waals surface area contributed by atoms with Crippen molar-refractivity contribution in [1.29, 1.82) is 0 Å². The zero-order chi connectivity index (χ0) is 11.2. The van der Waals surface area contributed by atoms with E-state index < -0.39 is 9.84 Å². The van der Waals surface area contributed by atoms with E-state index in [4.69, 9.17) is 0 Å². The Morgan fingerprint density at radius 1 is 1.27 bits per heavy atom. The molecular formula is C11H20O3S. The van der Waals surface area contributed by atoms with Crippen LogP contribution >= 0.6 is 0 Å². The van der Waals surface area contributed by atoms with Gasteiger partial charge in [0.2, 0.25) is 0 Å². The molecule has 5 atom stereocenters. The van der Waals surface area contributed by atoms with Gasteiger partial charge >= 0.3 is 0 Å². The summed E-state index contributed by atoms with van der Waals surface area (Å²) in [6.45, 7) is 3.72. The van der Waals surface area contributed by atoms with E-state index in [2.05, 4.69) is 0 Å². The van der Waals surface area contributed by atoms with Crippen LogP contribution in [0.5, 0.6) is 0 Å². The average Bonchev–Trinajstić information content (AvgIpc) is 2.74. The lowest BCUT2D eigenvalue weighted by atomic mass is 9.97. The summed E-state index contributed by atoms with van der Waals surface area (Å²) in [5.74, 6) is 0.475. The van der Waals surface area contributed by atoms with Gasteiger partial charge < -0.3 is 5.11 Å². The Morgan fingerprint density at radius 3 is 2.33 bits per heavy atom. The largest absolute Gasteiger partial charge is 0.393 e. The maximum atomic E-state index is 12.2. The molecule has 0 aromatic rings. The number of sulfone groups is 1. The van der Waals surface area contributed by atoms with Gasteiger partial charge in [-0.2, -0.15) is 0 Å². The molecular weight excluding hydrogens is 212 g/mol. The lowest BCUT2D eigenvalue weighted by molar-refractivity contribution is 0.114. The molecule has 15 heavy (non-hydrogen) atoms. The van der Waals surface area contributed by atoms with Crippen molar-refractivity contribution in [3.05, 3.63) is 0 Å². The highest BCUT2D eigenvalue weighted by Gasteiger charge is 2.51. The minimum absolute atomic E-state index is 0.166. The number of hydrogen-bond acceptors (Lipinski definition) is 3. The summed E-state index contributed by atoms with van der Waals surface area (Å²) < 4.78 is 24.4. The molecule has 2 aliphatic rings. The van der Waals surface area contributed by atoms with Crippen LogP contribution in [0.4, 0.5) is 0 Å². The van der Waals surface area contributed by atoms with Crippen LogP contribution in [0.2, 0.25) is 0 Å². The third-order valence-corrected chi connectivity index (χ3v) is 7.19. The molecule has 0 aromatic heterocycles. The van der Waals surface area contributed by atoms with Gasteiger partial charge in [0.15, 0.2) is 9.84 Å². The summed E-state index contributed by atoms with van der Waals surface area (Å²) in [6, 6.07) is 0. The molecule has 0 aliphatic heterocycles. The molecule has 0 saturated heterocycles. The van der Waals surface area contributed by atoms with Crippen LogP contribution in [0.1, 0.15) is 39.5 Å². The fourth-order valence-corrected chi connectivity index (χ4v) is 5.46. The van der Waals surface area contributed by atoms with Gasteiger partial charge in [-0.25, -0.2) is 8.42 Å². The first kappa shape index (κ1) is 11.4. The van der Waals surface area contributed by atoms with Gasteiger partial charge in [-0.05, 0) is 44.4 Å². The van der Waals surface area contributed by atoms with E-state index in [1.165, 1.54) is 0 Å². The molecule has 2 aliphatic carbocycles. The zero-order valence-corrected chi connectivity index (χ0v) is 10.2. The summed E-state index contributed by atoms with van der Waals surface area (Å²) in [4.78, 5) is 0. The second-order valence-corrected chi connectivity index (χ2v) is 7.73. The fraction of sp³-hybridized carbons (Fsp3) is 1.00. The monoisotopic (exact) mass is 232 g/mol. The van der Waals surface area contributed by atoms with Crippen LogP contribution in [0.3, 0.4) is 0 Å². The predicted molar refractivity (Wildman–Crippen MR) is 59.3 cm³/mol. The van der Waals surface area contributed by atoms with Crippen molar-refractivity contribution < 1.29 is 13.5 Å². The van der Waals surface area contributed by atoms with E-state index in [0.717, 1.165) is 6.42 Å². The second-order valence-electron chi connectivity index (χ2n) is 5.14. The van der Waals surface area contributed by atoms with Gasteiger partial charge in [0.1, 0.15) is 0 Å². The Morgan fingerprint density at radius 2 is 1.93 bits per heavy atom. The Kier molecular flexibility index (Phi) is 2.84. The third kappa shape index (κ3) is 1.72. The van der Waals surface area contributed by atoms with Crippen LogP contribution in [-0.2, 0) is 9.84 Å². The lowest BCUT2D eigenvalue weighted by Crippen LogP contribution is -2.36. The molecule has 88 valence electrons. The molecule has 2 bridgehead atoms. The number of aliphatic hydroxyl groups is 1. The van der Waals surface area contributed by atoms with Gasteiger partial charge in [0.05, 0.1) is 16.6 Å².